The van der Waals surface area contributed by atoms with Crippen molar-refractivity contribution in [1.29, 1.82) is 0 Å². The van der Waals surface area contributed by atoms with Crippen LogP contribution in [0.2, 0.25) is 0 Å². The van der Waals surface area contributed by atoms with Gasteiger partial charge in [0.25, 0.3) is 0 Å². The van der Waals surface area contributed by atoms with Crippen LogP contribution in [0.5, 0.6) is 0 Å². The molecule has 76 valence electrons. The number of rotatable bonds is 5. The van der Waals surface area contributed by atoms with E-state index in [9.17, 15) is 9.59 Å². The van der Waals surface area contributed by atoms with Crippen molar-refractivity contribution in [3.8, 4) is 0 Å². The molecule has 2 amide bonds. The van der Waals surface area contributed by atoms with Gasteiger partial charge in [-0.1, -0.05) is 0 Å². The number of aliphatic carboxylic acids is 1. The van der Waals surface area contributed by atoms with Crippen LogP contribution in [-0.4, -0.2) is 29.7 Å². The third-order valence-corrected chi connectivity index (χ3v) is 1.27. The molecule has 0 aliphatic carbocycles. The maximum absolute atomic E-state index is 10.9. The molecule has 0 bridgehead atoms. The Labute approximate surface area is 77.5 Å². The highest BCUT2D eigenvalue weighted by Crippen LogP contribution is 1.86. The Hall–Kier alpha value is -1.26. The minimum absolute atomic E-state index is 0.0853. The molecule has 5 nitrogen and oxygen atoms in total. The van der Waals surface area contributed by atoms with Crippen molar-refractivity contribution in [3.05, 3.63) is 0 Å². The smallest absolute Gasteiger partial charge is 0.314 e. The van der Waals surface area contributed by atoms with E-state index in [1.54, 1.807) is 0 Å². The van der Waals surface area contributed by atoms with Crippen LogP contribution in [0.25, 0.3) is 0 Å². The van der Waals surface area contributed by atoms with Crippen molar-refractivity contribution >= 4 is 12.0 Å². The molecule has 0 aliphatic rings. The first kappa shape index (κ1) is 11.7. The van der Waals surface area contributed by atoms with Crippen LogP contribution >= 0.6 is 0 Å². The molecule has 0 aliphatic heterocycles. The Morgan fingerprint density at radius 1 is 1.38 bits per heavy atom. The molecule has 0 radical (unpaired) electrons. The Balaban J connectivity index is 3.32. The first-order valence-electron chi connectivity index (χ1n) is 4.28. The lowest BCUT2D eigenvalue weighted by atomic mass is 10.3. The fraction of sp³-hybridized carbons (Fsp3) is 0.750. The van der Waals surface area contributed by atoms with E-state index in [-0.39, 0.29) is 18.5 Å². The second kappa shape index (κ2) is 6.28. The summed E-state index contributed by atoms with van der Waals surface area (Å²) in [6.45, 7) is 4.11. The van der Waals surface area contributed by atoms with Gasteiger partial charge in [-0.25, -0.2) is 4.79 Å². The number of hydrogen-bond donors (Lipinski definition) is 3. The van der Waals surface area contributed by atoms with Crippen LogP contribution in [0.15, 0.2) is 0 Å². The van der Waals surface area contributed by atoms with E-state index in [2.05, 4.69) is 10.6 Å². The molecule has 13 heavy (non-hydrogen) atoms. The summed E-state index contributed by atoms with van der Waals surface area (Å²) in [5, 5.41) is 13.5. The number of carbonyl (C=O) groups excluding carboxylic acids is 1. The highest BCUT2D eigenvalue weighted by atomic mass is 16.4. The van der Waals surface area contributed by atoms with E-state index in [1.807, 2.05) is 13.8 Å². The molecule has 0 rings (SSSR count). The number of hydrogen-bond acceptors (Lipinski definition) is 2. The maximum atomic E-state index is 10.9. The molecule has 5 heteroatoms. The van der Waals surface area contributed by atoms with Crippen LogP contribution in [0, 0.1) is 0 Å². The van der Waals surface area contributed by atoms with Crippen molar-refractivity contribution in [2.24, 2.45) is 0 Å². The molecular weight excluding hydrogens is 172 g/mol. The van der Waals surface area contributed by atoms with E-state index in [0.29, 0.717) is 13.0 Å². The average Bonchev–Trinajstić information content (AvgIpc) is 1.96. The van der Waals surface area contributed by atoms with Crippen LogP contribution < -0.4 is 10.6 Å². The molecule has 0 aromatic carbocycles. The standard InChI is InChI=1S/C8H16N2O3/c1-6(2)10-8(13)9-5-3-4-7(11)12/h6H,3-5H2,1-2H3,(H,11,12)(H2,9,10,13). The predicted octanol–water partition coefficient (Wildman–Crippen LogP) is 0.559. The van der Waals surface area contributed by atoms with Gasteiger partial charge in [-0.3, -0.25) is 4.79 Å². The molecule has 3 N–H and O–H groups in total. The highest BCUT2D eigenvalue weighted by molar-refractivity contribution is 5.74. The average molecular weight is 188 g/mol. The van der Waals surface area contributed by atoms with E-state index < -0.39 is 5.97 Å². The monoisotopic (exact) mass is 188 g/mol. The van der Waals surface area contributed by atoms with E-state index in [1.165, 1.54) is 0 Å². The number of carboxylic acid groups (broad SMARTS) is 1. The summed E-state index contributed by atoms with van der Waals surface area (Å²) in [6.07, 6.45) is 0.544. The van der Waals surface area contributed by atoms with Gasteiger partial charge in [0.2, 0.25) is 0 Å². The maximum Gasteiger partial charge on any atom is 0.314 e. The lowest BCUT2D eigenvalue weighted by Gasteiger charge is -2.09. The van der Waals surface area contributed by atoms with E-state index in [0.717, 1.165) is 0 Å². The third kappa shape index (κ3) is 8.65. The normalized spacial score (nSPS) is 9.77. The summed E-state index contributed by atoms with van der Waals surface area (Å²) >= 11 is 0. The van der Waals surface area contributed by atoms with Crippen molar-refractivity contribution in [2.45, 2.75) is 32.7 Å². The van der Waals surface area contributed by atoms with E-state index in [4.69, 9.17) is 5.11 Å². The fourth-order valence-corrected chi connectivity index (χ4v) is 0.755. The van der Waals surface area contributed by atoms with Crippen molar-refractivity contribution in [1.82, 2.24) is 10.6 Å². The van der Waals surface area contributed by atoms with Crippen LogP contribution in [0.4, 0.5) is 4.79 Å². The van der Waals surface area contributed by atoms with Gasteiger partial charge in [-0.15, -0.1) is 0 Å². The summed E-state index contributed by atoms with van der Waals surface area (Å²) in [6, 6.07) is -0.153. The van der Waals surface area contributed by atoms with Gasteiger partial charge in [0, 0.05) is 19.0 Å². The fourth-order valence-electron chi connectivity index (χ4n) is 0.755. The number of urea groups is 1. The first-order chi connectivity index (χ1) is 6.02. The molecule has 0 spiro atoms. The van der Waals surface area contributed by atoms with Crippen LogP contribution in [0.1, 0.15) is 26.7 Å². The molecule has 0 heterocycles. The Bertz CT molecular complexity index is 180. The summed E-state index contributed by atoms with van der Waals surface area (Å²) < 4.78 is 0. The Kier molecular flexibility index (Phi) is 5.67. The number of amides is 2. The van der Waals surface area contributed by atoms with Gasteiger partial charge >= 0.3 is 12.0 Å². The zero-order valence-corrected chi connectivity index (χ0v) is 7.96. The molecule has 0 atom stereocenters. The lowest BCUT2D eigenvalue weighted by Crippen LogP contribution is -2.39. The number of nitrogens with one attached hydrogen (secondary N) is 2. The summed E-state index contributed by atoms with van der Waals surface area (Å²) in [7, 11) is 0. The second-order valence-electron chi connectivity index (χ2n) is 3.05. The van der Waals surface area contributed by atoms with Crippen LogP contribution in [0.3, 0.4) is 0 Å². The molecule has 0 aromatic heterocycles. The van der Waals surface area contributed by atoms with Crippen LogP contribution in [-0.2, 0) is 4.79 Å². The molecule has 0 saturated heterocycles. The molecule has 0 aromatic rings. The second-order valence-corrected chi connectivity index (χ2v) is 3.05. The summed E-state index contributed by atoms with van der Waals surface area (Å²) in [4.78, 5) is 21.0. The SMILES string of the molecule is CC(C)NC(=O)NCCCC(=O)O. The van der Waals surface area contributed by atoms with Gasteiger partial charge in [0.1, 0.15) is 0 Å². The van der Waals surface area contributed by atoms with Gasteiger partial charge in [-0.05, 0) is 20.3 Å². The van der Waals surface area contributed by atoms with Crippen molar-refractivity contribution in [2.75, 3.05) is 6.54 Å². The van der Waals surface area contributed by atoms with Crippen molar-refractivity contribution in [3.63, 3.8) is 0 Å². The summed E-state index contributed by atoms with van der Waals surface area (Å²) in [5.41, 5.74) is 0. The molecule has 0 fully saturated rings. The topological polar surface area (TPSA) is 78.4 Å². The Morgan fingerprint density at radius 2 is 2.00 bits per heavy atom. The Morgan fingerprint density at radius 3 is 2.46 bits per heavy atom. The number of carboxylic acids is 1. The van der Waals surface area contributed by atoms with E-state index >= 15 is 0 Å². The molecular formula is C8H16N2O3. The predicted molar refractivity (Wildman–Crippen MR) is 48.5 cm³/mol. The largest absolute Gasteiger partial charge is 0.481 e. The summed E-state index contributed by atoms with van der Waals surface area (Å²) in [5.74, 6) is -0.842. The minimum Gasteiger partial charge on any atom is -0.481 e. The molecule has 0 saturated carbocycles. The quantitative estimate of drug-likeness (QED) is 0.551. The van der Waals surface area contributed by atoms with Gasteiger partial charge in [0.05, 0.1) is 0 Å². The number of carbonyl (C=O) groups is 2. The lowest BCUT2D eigenvalue weighted by molar-refractivity contribution is -0.137. The molecule has 0 unspecified atom stereocenters. The highest BCUT2D eigenvalue weighted by Gasteiger charge is 2.01. The van der Waals surface area contributed by atoms with Gasteiger partial charge in [0.15, 0.2) is 0 Å². The first-order valence-corrected chi connectivity index (χ1v) is 4.28. The zero-order valence-electron chi connectivity index (χ0n) is 7.96. The third-order valence-electron chi connectivity index (χ3n) is 1.27. The van der Waals surface area contributed by atoms with Crippen molar-refractivity contribution < 1.29 is 14.7 Å². The van der Waals surface area contributed by atoms with Gasteiger partial charge < -0.3 is 15.7 Å². The zero-order chi connectivity index (χ0) is 10.3. The minimum atomic E-state index is -0.842. The van der Waals surface area contributed by atoms with Gasteiger partial charge in [-0.2, -0.15) is 0 Å².